The van der Waals surface area contributed by atoms with E-state index >= 15 is 4.39 Å². The summed E-state index contributed by atoms with van der Waals surface area (Å²) >= 11 is 6.57. The molecule has 1 aliphatic heterocycles. The van der Waals surface area contributed by atoms with Gasteiger partial charge in [-0.1, -0.05) is 48.0 Å². The highest BCUT2D eigenvalue weighted by molar-refractivity contribution is 6.37. The quantitative estimate of drug-likeness (QED) is 0.308. The van der Waals surface area contributed by atoms with Crippen molar-refractivity contribution in [2.45, 2.75) is 25.2 Å². The highest BCUT2D eigenvalue weighted by Crippen LogP contribution is 2.37. The average Bonchev–Trinajstić information content (AvgIpc) is 3.66. The molecule has 3 amide bonds. The summed E-state index contributed by atoms with van der Waals surface area (Å²) in [5.74, 6) is -2.83. The largest absolute Gasteiger partial charge is 0.364 e. The number of imidazole rings is 1. The summed E-state index contributed by atoms with van der Waals surface area (Å²) in [7, 11) is 1.82. The molecule has 3 aromatic carbocycles. The van der Waals surface area contributed by atoms with Crippen LogP contribution in [0.2, 0.25) is 5.02 Å². The first kappa shape index (κ1) is 27.3. The monoisotopic (exact) mass is 591 g/mol. The van der Waals surface area contributed by atoms with Crippen molar-refractivity contribution in [3.05, 3.63) is 77.5 Å². The van der Waals surface area contributed by atoms with Crippen molar-refractivity contribution in [3.63, 3.8) is 0 Å². The average molecular weight is 592 g/mol. The van der Waals surface area contributed by atoms with Crippen LogP contribution in [0.5, 0.6) is 0 Å². The van der Waals surface area contributed by atoms with Crippen molar-refractivity contribution in [2.75, 3.05) is 11.9 Å². The molecule has 1 unspecified atom stereocenters. The molecule has 2 aromatic heterocycles. The maximum Gasteiger partial charge on any atom is 0.269 e. The summed E-state index contributed by atoms with van der Waals surface area (Å²) in [5, 5.41) is 7.41. The van der Waals surface area contributed by atoms with E-state index in [9.17, 15) is 18.8 Å². The van der Waals surface area contributed by atoms with E-state index < -0.39 is 35.8 Å². The van der Waals surface area contributed by atoms with Crippen molar-refractivity contribution in [3.8, 4) is 11.1 Å². The maximum absolute atomic E-state index is 15.7. The normalized spacial score (nSPS) is 16.8. The van der Waals surface area contributed by atoms with Crippen LogP contribution in [0.1, 0.15) is 16.9 Å². The van der Waals surface area contributed by atoms with Gasteiger partial charge in [-0.3, -0.25) is 19.1 Å². The molecule has 0 saturated carbocycles. The molecule has 42 heavy (non-hydrogen) atoms. The number of likely N-dealkylation sites (tertiary alicyclic amines) is 1. The van der Waals surface area contributed by atoms with E-state index in [0.717, 1.165) is 10.4 Å². The predicted molar refractivity (Wildman–Crippen MR) is 153 cm³/mol. The van der Waals surface area contributed by atoms with Crippen LogP contribution in [-0.2, 0) is 23.2 Å². The van der Waals surface area contributed by atoms with Gasteiger partial charge in [0.05, 0.1) is 34.6 Å². The Labute approximate surface area is 242 Å². The maximum atomic E-state index is 15.7. The second kappa shape index (κ2) is 10.5. The van der Waals surface area contributed by atoms with Crippen LogP contribution < -0.4 is 11.1 Å². The fourth-order valence-electron chi connectivity index (χ4n) is 5.39. The van der Waals surface area contributed by atoms with Crippen LogP contribution in [-0.4, -0.2) is 60.7 Å². The van der Waals surface area contributed by atoms with Gasteiger partial charge in [-0.2, -0.15) is 5.10 Å². The van der Waals surface area contributed by atoms with Gasteiger partial charge in [0.15, 0.2) is 11.5 Å². The number of para-hydroxylation sites is 1. The molecule has 3 heterocycles. The van der Waals surface area contributed by atoms with Gasteiger partial charge in [-0.25, -0.2) is 13.8 Å². The van der Waals surface area contributed by atoms with Gasteiger partial charge in [0.2, 0.25) is 11.8 Å². The standard InChI is InChI=1S/C29H24ClF2N7O3/c1-37-14-34-27-21(37)10-9-16(24(27)30)17-6-4-7-19(25(17)32)35-29(42)22-11-15(31)12-38(22)23(40)13-39-20-8-3-2-5-18(20)26(36-39)28(33)41/h2-10,14-15,22H,11-13H2,1H3,(H2,33,41)(H,35,42)/t15-,22?/m1/s1. The van der Waals surface area contributed by atoms with Gasteiger partial charge in [0.1, 0.15) is 24.3 Å². The van der Waals surface area contributed by atoms with Crippen LogP contribution in [0, 0.1) is 5.82 Å². The number of benzene rings is 3. The molecule has 1 saturated heterocycles. The Bertz CT molecular complexity index is 1900. The fourth-order valence-corrected chi connectivity index (χ4v) is 5.70. The van der Waals surface area contributed by atoms with Crippen LogP contribution in [0.15, 0.2) is 60.9 Å². The highest BCUT2D eigenvalue weighted by atomic mass is 35.5. The molecule has 5 aromatic rings. The number of nitrogens with one attached hydrogen (secondary N) is 1. The lowest BCUT2D eigenvalue weighted by molar-refractivity contribution is -0.137. The summed E-state index contributed by atoms with van der Waals surface area (Å²) < 4.78 is 33.4. The van der Waals surface area contributed by atoms with E-state index in [4.69, 9.17) is 17.3 Å². The minimum absolute atomic E-state index is 0.00450. The van der Waals surface area contributed by atoms with Crippen molar-refractivity contribution < 1.29 is 23.2 Å². The number of fused-ring (bicyclic) bond motifs is 2. The number of carbonyl (C=O) groups excluding carboxylic acids is 3. The minimum atomic E-state index is -1.46. The van der Waals surface area contributed by atoms with Gasteiger partial charge in [0.25, 0.3) is 5.91 Å². The first-order valence-electron chi connectivity index (χ1n) is 13.0. The number of carbonyl (C=O) groups is 3. The molecule has 0 aliphatic carbocycles. The second-order valence-corrected chi connectivity index (χ2v) is 10.5. The molecule has 1 fully saturated rings. The summed E-state index contributed by atoms with van der Waals surface area (Å²) in [6.07, 6.45) is -0.112. The van der Waals surface area contributed by atoms with Crippen molar-refractivity contribution in [2.24, 2.45) is 12.8 Å². The van der Waals surface area contributed by atoms with Crippen molar-refractivity contribution in [1.82, 2.24) is 24.2 Å². The number of hydrogen-bond donors (Lipinski definition) is 2. The zero-order valence-corrected chi connectivity index (χ0v) is 23.0. The lowest BCUT2D eigenvalue weighted by Crippen LogP contribution is -2.44. The topological polar surface area (TPSA) is 128 Å². The van der Waals surface area contributed by atoms with Gasteiger partial charge in [0, 0.05) is 30.0 Å². The third kappa shape index (κ3) is 4.63. The Morgan fingerprint density at radius 1 is 1.07 bits per heavy atom. The van der Waals surface area contributed by atoms with Crippen molar-refractivity contribution in [1.29, 1.82) is 0 Å². The molecule has 13 heteroatoms. The van der Waals surface area contributed by atoms with Crippen LogP contribution in [0.25, 0.3) is 33.1 Å². The van der Waals surface area contributed by atoms with Gasteiger partial charge in [-0.05, 0) is 18.2 Å². The molecular weight excluding hydrogens is 568 g/mol. The van der Waals surface area contributed by atoms with Crippen LogP contribution in [0.4, 0.5) is 14.5 Å². The zero-order valence-electron chi connectivity index (χ0n) is 22.2. The van der Waals surface area contributed by atoms with E-state index in [2.05, 4.69) is 15.4 Å². The summed E-state index contributed by atoms with van der Waals surface area (Å²) in [5.41, 5.74) is 7.58. The summed E-state index contributed by atoms with van der Waals surface area (Å²) in [6, 6.07) is 13.4. The number of halogens is 3. The summed E-state index contributed by atoms with van der Waals surface area (Å²) in [6.45, 7) is -0.677. The SMILES string of the molecule is Cn1cnc2c(Cl)c(-c3cccc(NC(=O)C4C[C@@H](F)CN4C(=O)Cn4nc(C(N)=O)c5ccccc54)c3F)ccc21. The number of nitrogens with two attached hydrogens (primary N) is 1. The second-order valence-electron chi connectivity index (χ2n) is 10.1. The van der Waals surface area contributed by atoms with Gasteiger partial charge in [-0.15, -0.1) is 0 Å². The smallest absolute Gasteiger partial charge is 0.269 e. The molecule has 1 aliphatic rings. The Balaban J connectivity index is 1.25. The molecule has 2 atom stereocenters. The number of rotatable bonds is 6. The Kier molecular flexibility index (Phi) is 6.85. The van der Waals surface area contributed by atoms with E-state index in [1.165, 1.54) is 16.8 Å². The Morgan fingerprint density at radius 3 is 2.64 bits per heavy atom. The van der Waals surface area contributed by atoms with E-state index in [-0.39, 0.29) is 41.5 Å². The molecule has 10 nitrogen and oxygen atoms in total. The number of aryl methyl sites for hydroxylation is 1. The number of alkyl halides is 1. The lowest BCUT2D eigenvalue weighted by atomic mass is 10.0. The number of nitrogens with zero attached hydrogens (tertiary/aromatic N) is 5. The molecule has 0 bridgehead atoms. The van der Waals surface area contributed by atoms with Crippen LogP contribution in [0.3, 0.4) is 0 Å². The molecule has 214 valence electrons. The predicted octanol–water partition coefficient (Wildman–Crippen LogP) is 4.06. The number of anilines is 1. The van der Waals surface area contributed by atoms with E-state index in [1.54, 1.807) is 53.4 Å². The molecular formula is C29H24ClF2N7O3. The summed E-state index contributed by atoms with van der Waals surface area (Å²) in [4.78, 5) is 43.9. The van der Waals surface area contributed by atoms with Crippen molar-refractivity contribution >= 4 is 56.9 Å². The fraction of sp³-hybridized carbons (Fsp3) is 0.207. The number of amides is 3. The Morgan fingerprint density at radius 2 is 1.86 bits per heavy atom. The van der Waals surface area contributed by atoms with E-state index in [1.807, 2.05) is 7.05 Å². The van der Waals surface area contributed by atoms with Gasteiger partial charge < -0.3 is 20.5 Å². The van der Waals surface area contributed by atoms with Gasteiger partial charge >= 0.3 is 0 Å². The third-order valence-corrected chi connectivity index (χ3v) is 7.81. The minimum Gasteiger partial charge on any atom is -0.364 e. The first-order chi connectivity index (χ1) is 20.1. The molecule has 0 radical (unpaired) electrons. The zero-order chi connectivity index (χ0) is 29.7. The number of hydrogen-bond acceptors (Lipinski definition) is 5. The number of aromatic nitrogens is 4. The Hall–Kier alpha value is -4.84. The first-order valence-corrected chi connectivity index (χ1v) is 13.4. The molecule has 0 spiro atoms. The third-order valence-electron chi connectivity index (χ3n) is 7.43. The highest BCUT2D eigenvalue weighted by Gasteiger charge is 2.40. The lowest BCUT2D eigenvalue weighted by Gasteiger charge is -2.24. The van der Waals surface area contributed by atoms with Crippen LogP contribution >= 0.6 is 11.6 Å². The molecule has 6 rings (SSSR count). The molecule has 3 N–H and O–H groups in total. The van der Waals surface area contributed by atoms with E-state index in [0.29, 0.717) is 22.0 Å². The number of primary amides is 1.